The molecule has 0 spiro atoms. The number of nitrogen functional groups attached to an aromatic ring is 1. The Labute approximate surface area is 99.2 Å². The van der Waals surface area contributed by atoms with Crippen LogP contribution in [0.1, 0.15) is 12.8 Å². The highest BCUT2D eigenvalue weighted by Crippen LogP contribution is 2.26. The van der Waals surface area contributed by atoms with Crippen LogP contribution in [0.15, 0.2) is 24.5 Å². The van der Waals surface area contributed by atoms with Crippen molar-refractivity contribution in [2.75, 3.05) is 23.9 Å². The van der Waals surface area contributed by atoms with Crippen molar-refractivity contribution in [2.24, 2.45) is 0 Å². The molecule has 1 fully saturated rings. The number of hydrogen-bond acceptors (Lipinski definition) is 5. The average molecular weight is 230 g/mol. The van der Waals surface area contributed by atoms with Gasteiger partial charge in [-0.2, -0.15) is 0 Å². The molecule has 1 saturated heterocycles. The summed E-state index contributed by atoms with van der Waals surface area (Å²) in [5, 5.41) is 2.83. The second kappa shape index (κ2) is 4.18. The quantitative estimate of drug-likeness (QED) is 0.756. The predicted octanol–water partition coefficient (Wildman–Crippen LogP) is 1.74. The first-order valence-electron chi connectivity index (χ1n) is 5.75. The topological polar surface area (TPSA) is 64.3 Å². The Bertz CT molecular complexity index is 537. The number of rotatable bonds is 1. The fraction of sp³-hybridized carbons (Fsp3) is 0.333. The summed E-state index contributed by atoms with van der Waals surface area (Å²) >= 11 is 0. The summed E-state index contributed by atoms with van der Waals surface area (Å²) in [5.74, 6) is 0.828. The van der Waals surface area contributed by atoms with Gasteiger partial charge in [0.15, 0.2) is 5.82 Å². The Morgan fingerprint density at radius 2 is 2.18 bits per heavy atom. The van der Waals surface area contributed by atoms with Crippen molar-refractivity contribution in [1.82, 2.24) is 9.97 Å². The standard InChI is InChI=1S/C12H14N4O/c13-9-3-4-10-11(7-9)14-8-15-12(10)16-5-1-2-6-17-16/h3-4,7-8H,1-2,5-6,13H2. The summed E-state index contributed by atoms with van der Waals surface area (Å²) in [5.41, 5.74) is 7.31. The molecule has 0 bridgehead atoms. The van der Waals surface area contributed by atoms with Crippen LogP contribution < -0.4 is 10.8 Å². The molecule has 2 aromatic rings. The number of anilines is 2. The van der Waals surface area contributed by atoms with Gasteiger partial charge in [-0.3, -0.25) is 4.84 Å². The molecule has 0 unspecified atom stereocenters. The molecule has 1 aromatic carbocycles. The molecule has 2 N–H and O–H groups in total. The predicted molar refractivity (Wildman–Crippen MR) is 66.5 cm³/mol. The SMILES string of the molecule is Nc1ccc2c(N3CCCCO3)ncnc2c1. The Kier molecular flexibility index (Phi) is 2.53. The summed E-state index contributed by atoms with van der Waals surface area (Å²) in [6, 6.07) is 5.65. The normalized spacial score (nSPS) is 16.4. The summed E-state index contributed by atoms with van der Waals surface area (Å²) in [4.78, 5) is 14.1. The highest BCUT2D eigenvalue weighted by Gasteiger charge is 2.16. The van der Waals surface area contributed by atoms with E-state index in [1.54, 1.807) is 6.33 Å². The zero-order valence-corrected chi connectivity index (χ0v) is 9.47. The molecule has 17 heavy (non-hydrogen) atoms. The monoisotopic (exact) mass is 230 g/mol. The third kappa shape index (κ3) is 1.89. The van der Waals surface area contributed by atoms with Crippen molar-refractivity contribution in [3.63, 3.8) is 0 Å². The fourth-order valence-corrected chi connectivity index (χ4v) is 2.02. The Balaban J connectivity index is 2.09. The molecule has 1 aromatic heterocycles. The van der Waals surface area contributed by atoms with Crippen LogP contribution in [0.3, 0.4) is 0 Å². The third-order valence-electron chi connectivity index (χ3n) is 2.88. The van der Waals surface area contributed by atoms with E-state index in [-0.39, 0.29) is 0 Å². The van der Waals surface area contributed by atoms with E-state index in [1.807, 2.05) is 23.3 Å². The summed E-state index contributed by atoms with van der Waals surface area (Å²) in [6.07, 6.45) is 3.78. The van der Waals surface area contributed by atoms with E-state index in [4.69, 9.17) is 10.6 Å². The first-order chi connectivity index (χ1) is 8.34. The number of hydrogen-bond donors (Lipinski definition) is 1. The number of nitrogens with zero attached hydrogens (tertiary/aromatic N) is 3. The van der Waals surface area contributed by atoms with Crippen LogP contribution in [0.4, 0.5) is 11.5 Å². The number of nitrogens with two attached hydrogens (primary N) is 1. The van der Waals surface area contributed by atoms with E-state index in [0.717, 1.165) is 42.7 Å². The van der Waals surface area contributed by atoms with E-state index in [0.29, 0.717) is 5.69 Å². The van der Waals surface area contributed by atoms with Gasteiger partial charge >= 0.3 is 0 Å². The molecule has 0 atom stereocenters. The number of benzene rings is 1. The van der Waals surface area contributed by atoms with Gasteiger partial charge in [-0.25, -0.2) is 15.0 Å². The van der Waals surface area contributed by atoms with Crippen LogP contribution in [-0.4, -0.2) is 23.1 Å². The van der Waals surface area contributed by atoms with Gasteiger partial charge in [0.05, 0.1) is 12.1 Å². The molecule has 5 heteroatoms. The smallest absolute Gasteiger partial charge is 0.163 e. The molecule has 0 radical (unpaired) electrons. The summed E-state index contributed by atoms with van der Waals surface area (Å²) < 4.78 is 0. The summed E-state index contributed by atoms with van der Waals surface area (Å²) in [6.45, 7) is 1.62. The van der Waals surface area contributed by atoms with E-state index >= 15 is 0 Å². The van der Waals surface area contributed by atoms with E-state index in [1.165, 1.54) is 0 Å². The first kappa shape index (κ1) is 10.3. The van der Waals surface area contributed by atoms with Gasteiger partial charge in [0.1, 0.15) is 6.33 Å². The van der Waals surface area contributed by atoms with Crippen LogP contribution in [0.25, 0.3) is 10.9 Å². The lowest BCUT2D eigenvalue weighted by Crippen LogP contribution is -2.30. The highest BCUT2D eigenvalue weighted by molar-refractivity contribution is 5.90. The molecule has 1 aliphatic heterocycles. The van der Waals surface area contributed by atoms with Gasteiger partial charge < -0.3 is 5.73 Å². The average Bonchev–Trinajstić information content (AvgIpc) is 2.39. The van der Waals surface area contributed by atoms with Gasteiger partial charge in [-0.1, -0.05) is 0 Å². The molecule has 5 nitrogen and oxygen atoms in total. The number of aromatic nitrogens is 2. The first-order valence-corrected chi connectivity index (χ1v) is 5.75. The Morgan fingerprint density at radius 3 is 3.00 bits per heavy atom. The zero-order valence-electron chi connectivity index (χ0n) is 9.47. The molecule has 88 valence electrons. The van der Waals surface area contributed by atoms with Crippen LogP contribution in [-0.2, 0) is 4.84 Å². The second-order valence-electron chi connectivity index (χ2n) is 4.12. The maximum atomic E-state index is 5.75. The third-order valence-corrected chi connectivity index (χ3v) is 2.88. The molecular formula is C12H14N4O. The van der Waals surface area contributed by atoms with Crippen LogP contribution >= 0.6 is 0 Å². The van der Waals surface area contributed by atoms with Crippen molar-refractivity contribution in [2.45, 2.75) is 12.8 Å². The van der Waals surface area contributed by atoms with Crippen molar-refractivity contribution >= 4 is 22.4 Å². The highest BCUT2D eigenvalue weighted by atomic mass is 16.7. The molecule has 0 aliphatic carbocycles. The molecule has 3 rings (SSSR count). The second-order valence-corrected chi connectivity index (χ2v) is 4.12. The largest absolute Gasteiger partial charge is 0.399 e. The van der Waals surface area contributed by atoms with Crippen molar-refractivity contribution in [3.8, 4) is 0 Å². The maximum absolute atomic E-state index is 5.75. The molecular weight excluding hydrogens is 216 g/mol. The molecule has 1 aliphatic rings. The maximum Gasteiger partial charge on any atom is 0.163 e. The lowest BCUT2D eigenvalue weighted by Gasteiger charge is -2.27. The minimum atomic E-state index is 0.710. The van der Waals surface area contributed by atoms with E-state index in [9.17, 15) is 0 Å². The minimum absolute atomic E-state index is 0.710. The van der Waals surface area contributed by atoms with Crippen molar-refractivity contribution in [1.29, 1.82) is 0 Å². The fourth-order valence-electron chi connectivity index (χ4n) is 2.02. The summed E-state index contributed by atoms with van der Waals surface area (Å²) in [7, 11) is 0. The minimum Gasteiger partial charge on any atom is -0.399 e. The van der Waals surface area contributed by atoms with Crippen molar-refractivity contribution in [3.05, 3.63) is 24.5 Å². The molecule has 2 heterocycles. The van der Waals surface area contributed by atoms with Gasteiger partial charge in [0, 0.05) is 17.6 Å². The van der Waals surface area contributed by atoms with Crippen molar-refractivity contribution < 1.29 is 4.84 Å². The van der Waals surface area contributed by atoms with Crippen LogP contribution in [0.2, 0.25) is 0 Å². The zero-order chi connectivity index (χ0) is 11.7. The van der Waals surface area contributed by atoms with Gasteiger partial charge in [-0.15, -0.1) is 0 Å². The van der Waals surface area contributed by atoms with Gasteiger partial charge in [-0.05, 0) is 31.0 Å². The Morgan fingerprint density at radius 1 is 1.24 bits per heavy atom. The van der Waals surface area contributed by atoms with E-state index in [2.05, 4.69) is 9.97 Å². The van der Waals surface area contributed by atoms with Crippen LogP contribution in [0, 0.1) is 0 Å². The molecule has 0 saturated carbocycles. The number of fused-ring (bicyclic) bond motifs is 1. The van der Waals surface area contributed by atoms with Gasteiger partial charge in [0.2, 0.25) is 0 Å². The van der Waals surface area contributed by atoms with Gasteiger partial charge in [0.25, 0.3) is 0 Å². The Hall–Kier alpha value is -1.88. The van der Waals surface area contributed by atoms with E-state index < -0.39 is 0 Å². The van der Waals surface area contributed by atoms with Crippen LogP contribution in [0.5, 0.6) is 0 Å². The lowest BCUT2D eigenvalue weighted by molar-refractivity contribution is 0.0767. The lowest BCUT2D eigenvalue weighted by atomic mass is 10.2. The molecule has 0 amide bonds. The number of hydroxylamine groups is 1.